The van der Waals surface area contributed by atoms with Gasteiger partial charge in [0.05, 0.1) is 16.6 Å². The summed E-state index contributed by atoms with van der Waals surface area (Å²) in [6, 6.07) is 5.87. The molecule has 1 aromatic heterocycles. The third-order valence-corrected chi connectivity index (χ3v) is 3.20. The largest absolute Gasteiger partial charge is 0.478 e. The molecule has 0 spiro atoms. The van der Waals surface area contributed by atoms with Gasteiger partial charge in [0, 0.05) is 5.02 Å². The van der Waals surface area contributed by atoms with Gasteiger partial charge in [0.25, 0.3) is 0 Å². The number of rotatable bonds is 2. The smallest absolute Gasteiger partial charge is 0.338 e. The Labute approximate surface area is 122 Å². The lowest BCUT2D eigenvalue weighted by atomic mass is 10.2. The van der Waals surface area contributed by atoms with Gasteiger partial charge < -0.3 is 10.1 Å². The molecular weight excluding hydrogens is 302 g/mol. The Morgan fingerprint density at radius 3 is 2.71 bits per heavy atom. The number of aromatic carboxylic acids is 1. The van der Waals surface area contributed by atoms with Crippen molar-refractivity contribution in [2.24, 2.45) is 0 Å². The Hall–Kier alpha value is -2.47. The Bertz CT molecular complexity index is 877. The number of halogens is 3. The number of benzene rings is 2. The number of H-pyrrole nitrogens is 1. The predicted molar refractivity (Wildman–Crippen MR) is 73.4 cm³/mol. The second-order valence-electron chi connectivity index (χ2n) is 4.36. The molecule has 0 amide bonds. The number of nitrogens with zero attached hydrogens (tertiary/aromatic N) is 1. The number of fused-ring (bicyclic) bond motifs is 1. The van der Waals surface area contributed by atoms with E-state index in [0.717, 1.165) is 12.1 Å². The van der Waals surface area contributed by atoms with E-state index < -0.39 is 17.6 Å². The van der Waals surface area contributed by atoms with Crippen molar-refractivity contribution in [1.82, 2.24) is 9.97 Å². The molecule has 3 rings (SSSR count). The molecule has 0 radical (unpaired) electrons. The third kappa shape index (κ3) is 2.34. The van der Waals surface area contributed by atoms with Crippen molar-refractivity contribution in [2.45, 2.75) is 0 Å². The van der Waals surface area contributed by atoms with E-state index in [-0.39, 0.29) is 28.0 Å². The molecule has 0 bridgehead atoms. The van der Waals surface area contributed by atoms with E-state index in [1.807, 2.05) is 0 Å². The maximum absolute atomic E-state index is 13.8. The molecule has 4 nitrogen and oxygen atoms in total. The number of hydrogen-bond donors (Lipinski definition) is 2. The molecule has 0 aliphatic rings. The third-order valence-electron chi connectivity index (χ3n) is 2.97. The van der Waals surface area contributed by atoms with Crippen LogP contribution in [0.15, 0.2) is 30.3 Å². The Morgan fingerprint density at radius 1 is 1.24 bits per heavy atom. The predicted octanol–water partition coefficient (Wildman–Crippen LogP) is 3.86. The van der Waals surface area contributed by atoms with Gasteiger partial charge in [0.2, 0.25) is 0 Å². The van der Waals surface area contributed by atoms with Crippen LogP contribution in [0.1, 0.15) is 10.4 Å². The molecule has 21 heavy (non-hydrogen) atoms. The SMILES string of the molecule is O=C(O)c1cc(F)cc2[nH]c(-c3cc(Cl)ccc3F)nc12. The summed E-state index contributed by atoms with van der Waals surface area (Å²) in [5.74, 6) is -2.53. The van der Waals surface area contributed by atoms with Gasteiger partial charge in [-0.3, -0.25) is 0 Å². The second kappa shape index (κ2) is 4.82. The van der Waals surface area contributed by atoms with E-state index in [2.05, 4.69) is 9.97 Å². The zero-order chi connectivity index (χ0) is 15.1. The van der Waals surface area contributed by atoms with Crippen molar-refractivity contribution >= 4 is 28.6 Å². The Balaban J connectivity index is 2.28. The quantitative estimate of drug-likeness (QED) is 0.755. The summed E-state index contributed by atoms with van der Waals surface area (Å²) in [7, 11) is 0. The van der Waals surface area contributed by atoms with Gasteiger partial charge in [-0.05, 0) is 30.3 Å². The van der Waals surface area contributed by atoms with Crippen LogP contribution in [0.25, 0.3) is 22.4 Å². The minimum Gasteiger partial charge on any atom is -0.478 e. The second-order valence-corrected chi connectivity index (χ2v) is 4.80. The van der Waals surface area contributed by atoms with Crippen molar-refractivity contribution in [2.75, 3.05) is 0 Å². The fourth-order valence-electron chi connectivity index (χ4n) is 2.05. The summed E-state index contributed by atoms with van der Waals surface area (Å²) in [5.41, 5.74) is 0.00503. The van der Waals surface area contributed by atoms with E-state index in [9.17, 15) is 13.6 Å². The van der Waals surface area contributed by atoms with E-state index in [4.69, 9.17) is 16.7 Å². The lowest BCUT2D eigenvalue weighted by Crippen LogP contribution is -1.98. The van der Waals surface area contributed by atoms with Crippen LogP contribution < -0.4 is 0 Å². The molecule has 0 aliphatic heterocycles. The molecule has 0 aliphatic carbocycles. The fraction of sp³-hybridized carbons (Fsp3) is 0. The summed E-state index contributed by atoms with van der Waals surface area (Å²) in [5, 5.41) is 9.37. The molecule has 0 atom stereocenters. The average molecular weight is 309 g/mol. The molecule has 0 unspecified atom stereocenters. The summed E-state index contributed by atoms with van der Waals surface area (Å²) in [4.78, 5) is 17.9. The van der Waals surface area contributed by atoms with Crippen molar-refractivity contribution in [1.29, 1.82) is 0 Å². The van der Waals surface area contributed by atoms with Crippen LogP contribution in [0.4, 0.5) is 8.78 Å². The topological polar surface area (TPSA) is 66.0 Å². The van der Waals surface area contributed by atoms with Crippen LogP contribution in [0.3, 0.4) is 0 Å². The van der Waals surface area contributed by atoms with Crippen LogP contribution in [0.5, 0.6) is 0 Å². The summed E-state index contributed by atoms with van der Waals surface area (Å²) in [6.07, 6.45) is 0. The number of hydrogen-bond acceptors (Lipinski definition) is 2. The van der Waals surface area contributed by atoms with Crippen molar-refractivity contribution in [3.8, 4) is 11.4 Å². The first-order valence-electron chi connectivity index (χ1n) is 5.83. The highest BCUT2D eigenvalue weighted by Crippen LogP contribution is 2.27. The highest BCUT2D eigenvalue weighted by Gasteiger charge is 2.17. The maximum Gasteiger partial charge on any atom is 0.338 e. The first-order chi connectivity index (χ1) is 9.95. The Morgan fingerprint density at radius 2 is 2.00 bits per heavy atom. The number of imidazole rings is 1. The molecule has 3 aromatic rings. The van der Waals surface area contributed by atoms with Gasteiger partial charge >= 0.3 is 5.97 Å². The lowest BCUT2D eigenvalue weighted by Gasteiger charge is -1.99. The van der Waals surface area contributed by atoms with Crippen molar-refractivity contribution in [3.05, 3.63) is 52.6 Å². The van der Waals surface area contributed by atoms with Gasteiger partial charge in [-0.15, -0.1) is 0 Å². The number of aromatic amines is 1. The van der Waals surface area contributed by atoms with E-state index in [1.54, 1.807) is 0 Å². The molecular formula is C14H7ClF2N2O2. The number of carbonyl (C=O) groups is 1. The van der Waals surface area contributed by atoms with E-state index in [0.29, 0.717) is 5.02 Å². The molecule has 0 saturated heterocycles. The Kier molecular flexibility index (Phi) is 3.10. The molecule has 106 valence electrons. The number of carboxylic acid groups (broad SMARTS) is 1. The van der Waals surface area contributed by atoms with Crippen LogP contribution in [0, 0.1) is 11.6 Å². The molecule has 2 N–H and O–H groups in total. The number of carboxylic acids is 1. The van der Waals surface area contributed by atoms with Gasteiger partial charge in [-0.1, -0.05) is 11.6 Å². The summed E-state index contributed by atoms with van der Waals surface area (Å²) < 4.78 is 27.2. The maximum atomic E-state index is 13.8. The summed E-state index contributed by atoms with van der Waals surface area (Å²) in [6.45, 7) is 0. The van der Waals surface area contributed by atoms with Crippen LogP contribution in [0.2, 0.25) is 5.02 Å². The number of nitrogens with one attached hydrogen (secondary N) is 1. The normalized spacial score (nSPS) is 11.0. The molecule has 2 aromatic carbocycles. The molecule has 0 saturated carbocycles. The zero-order valence-electron chi connectivity index (χ0n) is 10.3. The van der Waals surface area contributed by atoms with Gasteiger partial charge in [-0.25, -0.2) is 18.6 Å². The first kappa shape index (κ1) is 13.5. The minimum absolute atomic E-state index is 0.0540. The van der Waals surface area contributed by atoms with Gasteiger partial charge in [-0.2, -0.15) is 0 Å². The first-order valence-corrected chi connectivity index (χ1v) is 6.21. The van der Waals surface area contributed by atoms with Crippen LogP contribution in [-0.4, -0.2) is 21.0 Å². The van der Waals surface area contributed by atoms with Gasteiger partial charge in [0.1, 0.15) is 23.0 Å². The molecule has 0 fully saturated rings. The minimum atomic E-state index is -1.32. The van der Waals surface area contributed by atoms with Crippen LogP contribution >= 0.6 is 11.6 Å². The fourth-order valence-corrected chi connectivity index (χ4v) is 2.22. The molecule has 1 heterocycles. The van der Waals surface area contributed by atoms with Crippen molar-refractivity contribution in [3.63, 3.8) is 0 Å². The summed E-state index contributed by atoms with van der Waals surface area (Å²) >= 11 is 5.81. The zero-order valence-corrected chi connectivity index (χ0v) is 11.1. The highest BCUT2D eigenvalue weighted by atomic mass is 35.5. The lowest BCUT2D eigenvalue weighted by molar-refractivity contribution is 0.0698. The van der Waals surface area contributed by atoms with Crippen molar-refractivity contribution < 1.29 is 18.7 Å². The average Bonchev–Trinajstić information content (AvgIpc) is 2.83. The van der Waals surface area contributed by atoms with E-state index >= 15 is 0 Å². The van der Waals surface area contributed by atoms with Crippen LogP contribution in [-0.2, 0) is 0 Å². The molecule has 7 heteroatoms. The number of aromatic nitrogens is 2. The standard InChI is InChI=1S/C14H7ClF2N2O2/c15-6-1-2-10(17)8(3-6)13-18-11-5-7(16)4-9(14(20)21)12(11)19-13/h1-5H,(H,18,19)(H,20,21). The highest BCUT2D eigenvalue weighted by molar-refractivity contribution is 6.30. The monoisotopic (exact) mass is 308 g/mol. The van der Waals surface area contributed by atoms with E-state index in [1.165, 1.54) is 18.2 Å². The van der Waals surface area contributed by atoms with Gasteiger partial charge in [0.15, 0.2) is 0 Å².